The van der Waals surface area contributed by atoms with Gasteiger partial charge in [0, 0.05) is 54.5 Å². The highest BCUT2D eigenvalue weighted by atomic mass is 35.5. The van der Waals surface area contributed by atoms with Gasteiger partial charge < -0.3 is 19.3 Å². The van der Waals surface area contributed by atoms with Gasteiger partial charge in [0.1, 0.15) is 0 Å². The van der Waals surface area contributed by atoms with Crippen LogP contribution in [0.4, 0.5) is 11.6 Å². The van der Waals surface area contributed by atoms with Crippen molar-refractivity contribution in [2.45, 2.75) is 0 Å². The number of aromatic nitrogens is 2. The van der Waals surface area contributed by atoms with Gasteiger partial charge in [0.2, 0.25) is 5.95 Å². The van der Waals surface area contributed by atoms with Gasteiger partial charge in [-0.05, 0) is 24.3 Å². The van der Waals surface area contributed by atoms with E-state index in [1.165, 1.54) is 0 Å². The van der Waals surface area contributed by atoms with E-state index in [-0.39, 0.29) is 0 Å². The summed E-state index contributed by atoms with van der Waals surface area (Å²) in [4.78, 5) is 13.8. The summed E-state index contributed by atoms with van der Waals surface area (Å²) < 4.78 is 10.7. The van der Waals surface area contributed by atoms with E-state index in [4.69, 9.17) is 26.1 Å². The molecule has 1 aliphatic rings. The first-order valence-electron chi connectivity index (χ1n) is 8.82. The maximum Gasteiger partial charge on any atom is 0.225 e. The van der Waals surface area contributed by atoms with Crippen LogP contribution in [0.5, 0.6) is 11.5 Å². The van der Waals surface area contributed by atoms with E-state index < -0.39 is 0 Å². The molecule has 0 N–H and O–H groups in total. The average molecular weight is 385 g/mol. The first-order chi connectivity index (χ1) is 13.2. The van der Waals surface area contributed by atoms with Crippen LogP contribution in [-0.2, 0) is 0 Å². The quantitative estimate of drug-likeness (QED) is 0.684. The molecule has 0 saturated carbocycles. The number of hydrogen-bond donors (Lipinski definition) is 0. The minimum atomic E-state index is 0.667. The fraction of sp³-hybridized carbons (Fsp3) is 0.300. The van der Waals surface area contributed by atoms with Gasteiger partial charge in [-0.25, -0.2) is 9.97 Å². The molecule has 0 radical (unpaired) electrons. The van der Waals surface area contributed by atoms with Crippen molar-refractivity contribution < 1.29 is 9.47 Å². The topological polar surface area (TPSA) is 50.7 Å². The number of piperazine rings is 1. The van der Waals surface area contributed by atoms with E-state index >= 15 is 0 Å². The Hall–Kier alpha value is -2.73. The highest BCUT2D eigenvalue weighted by molar-refractivity contribution is 6.30. The lowest BCUT2D eigenvalue weighted by atomic mass is 10.2. The van der Waals surface area contributed by atoms with Crippen molar-refractivity contribution in [1.82, 2.24) is 9.97 Å². The third-order valence-electron chi connectivity index (χ3n) is 4.81. The van der Waals surface area contributed by atoms with Crippen molar-refractivity contribution in [3.8, 4) is 11.5 Å². The smallest absolute Gasteiger partial charge is 0.225 e. The molecule has 0 spiro atoms. The van der Waals surface area contributed by atoms with Crippen LogP contribution in [-0.4, -0.2) is 50.4 Å². The molecule has 0 aliphatic carbocycles. The lowest BCUT2D eigenvalue weighted by Crippen LogP contribution is -2.47. The Morgan fingerprint density at radius 3 is 2.33 bits per heavy atom. The summed E-state index contributed by atoms with van der Waals surface area (Å²) in [7, 11) is 3.25. The van der Waals surface area contributed by atoms with E-state index in [0.29, 0.717) is 11.5 Å². The molecule has 0 atom stereocenters. The second-order valence-corrected chi connectivity index (χ2v) is 6.83. The molecule has 0 bridgehead atoms. The maximum atomic E-state index is 6.11. The van der Waals surface area contributed by atoms with Crippen LogP contribution in [0.15, 0.2) is 42.6 Å². The molecule has 1 aliphatic heterocycles. The molecule has 140 valence electrons. The van der Waals surface area contributed by atoms with Gasteiger partial charge in [-0.1, -0.05) is 17.7 Å². The number of anilines is 2. The number of hydrogen-bond acceptors (Lipinski definition) is 6. The van der Waals surface area contributed by atoms with Crippen LogP contribution in [0.1, 0.15) is 0 Å². The van der Waals surface area contributed by atoms with Gasteiger partial charge in [0.15, 0.2) is 11.5 Å². The van der Waals surface area contributed by atoms with Crippen LogP contribution in [0.3, 0.4) is 0 Å². The molecule has 1 aromatic heterocycles. The van der Waals surface area contributed by atoms with Crippen LogP contribution in [0.25, 0.3) is 10.9 Å². The Bertz CT molecular complexity index is 958. The Labute approximate surface area is 163 Å². The molecule has 0 unspecified atom stereocenters. The summed E-state index contributed by atoms with van der Waals surface area (Å²) in [5, 5.41) is 1.69. The minimum absolute atomic E-state index is 0.667. The number of fused-ring (bicyclic) bond motifs is 1. The maximum absolute atomic E-state index is 6.11. The zero-order valence-electron chi connectivity index (χ0n) is 15.4. The lowest BCUT2D eigenvalue weighted by Gasteiger charge is -2.36. The molecule has 2 heterocycles. The Kier molecular flexibility index (Phi) is 4.90. The van der Waals surface area contributed by atoms with Crippen LogP contribution < -0.4 is 19.3 Å². The zero-order valence-corrected chi connectivity index (χ0v) is 16.1. The van der Waals surface area contributed by atoms with Gasteiger partial charge in [-0.2, -0.15) is 0 Å². The summed E-state index contributed by atoms with van der Waals surface area (Å²) >= 11 is 6.11. The van der Waals surface area contributed by atoms with E-state index in [1.807, 2.05) is 36.5 Å². The fourth-order valence-corrected chi connectivity index (χ4v) is 3.52. The van der Waals surface area contributed by atoms with Crippen molar-refractivity contribution >= 4 is 34.1 Å². The number of methoxy groups -OCH3 is 2. The Morgan fingerprint density at radius 1 is 0.926 bits per heavy atom. The van der Waals surface area contributed by atoms with Crippen molar-refractivity contribution in [2.24, 2.45) is 0 Å². The van der Waals surface area contributed by atoms with Gasteiger partial charge >= 0.3 is 0 Å². The van der Waals surface area contributed by atoms with E-state index in [0.717, 1.165) is 53.7 Å². The molecule has 3 aromatic rings. The number of ether oxygens (including phenoxy) is 2. The molecule has 2 aromatic carbocycles. The Morgan fingerprint density at radius 2 is 1.63 bits per heavy atom. The van der Waals surface area contributed by atoms with Crippen molar-refractivity contribution in [1.29, 1.82) is 0 Å². The number of benzene rings is 2. The van der Waals surface area contributed by atoms with Gasteiger partial charge in [-0.15, -0.1) is 0 Å². The van der Waals surface area contributed by atoms with Crippen LogP contribution >= 0.6 is 11.6 Å². The monoisotopic (exact) mass is 384 g/mol. The first kappa shape index (κ1) is 17.7. The van der Waals surface area contributed by atoms with Crippen LogP contribution in [0.2, 0.25) is 5.02 Å². The van der Waals surface area contributed by atoms with Gasteiger partial charge in [0.05, 0.1) is 19.7 Å². The van der Waals surface area contributed by atoms with Crippen LogP contribution in [0, 0.1) is 0 Å². The SMILES string of the molecule is COc1cc2cnc(N3CCN(c4cccc(Cl)c4)CC3)nc2cc1OC. The van der Waals surface area contributed by atoms with Crippen molar-refractivity contribution in [3.63, 3.8) is 0 Å². The number of rotatable bonds is 4. The molecular formula is C20H21ClN4O2. The Balaban J connectivity index is 1.53. The predicted molar refractivity (Wildman–Crippen MR) is 109 cm³/mol. The molecule has 0 amide bonds. The molecular weight excluding hydrogens is 364 g/mol. The summed E-state index contributed by atoms with van der Waals surface area (Å²) in [5.74, 6) is 2.08. The number of halogens is 1. The van der Waals surface area contributed by atoms with Gasteiger partial charge in [-0.3, -0.25) is 0 Å². The second-order valence-electron chi connectivity index (χ2n) is 6.39. The third kappa shape index (κ3) is 3.57. The molecule has 1 saturated heterocycles. The number of nitrogens with zero attached hydrogens (tertiary/aromatic N) is 4. The minimum Gasteiger partial charge on any atom is -0.493 e. The van der Waals surface area contributed by atoms with E-state index in [1.54, 1.807) is 14.2 Å². The average Bonchev–Trinajstić information content (AvgIpc) is 2.72. The molecule has 27 heavy (non-hydrogen) atoms. The highest BCUT2D eigenvalue weighted by Gasteiger charge is 2.20. The van der Waals surface area contributed by atoms with E-state index in [2.05, 4.69) is 20.9 Å². The highest BCUT2D eigenvalue weighted by Crippen LogP contribution is 2.32. The van der Waals surface area contributed by atoms with Gasteiger partial charge in [0.25, 0.3) is 0 Å². The summed E-state index contributed by atoms with van der Waals surface area (Å²) in [6, 6.07) is 11.8. The standard InChI is InChI=1S/C20H21ClN4O2/c1-26-18-10-14-13-22-20(23-17(14)12-19(18)27-2)25-8-6-24(7-9-25)16-5-3-4-15(21)11-16/h3-5,10-13H,6-9H2,1-2H3. The molecule has 6 nitrogen and oxygen atoms in total. The molecule has 4 rings (SSSR count). The summed E-state index contributed by atoms with van der Waals surface area (Å²) in [5.41, 5.74) is 1.99. The zero-order chi connectivity index (χ0) is 18.8. The first-order valence-corrected chi connectivity index (χ1v) is 9.20. The molecule has 7 heteroatoms. The van der Waals surface area contributed by atoms with Crippen molar-refractivity contribution in [3.05, 3.63) is 47.6 Å². The largest absolute Gasteiger partial charge is 0.493 e. The lowest BCUT2D eigenvalue weighted by molar-refractivity contribution is 0.356. The fourth-order valence-electron chi connectivity index (χ4n) is 3.34. The molecule has 1 fully saturated rings. The normalized spacial score (nSPS) is 14.5. The third-order valence-corrected chi connectivity index (χ3v) is 5.04. The van der Waals surface area contributed by atoms with E-state index in [9.17, 15) is 0 Å². The van der Waals surface area contributed by atoms with Crippen molar-refractivity contribution in [2.75, 3.05) is 50.2 Å². The second kappa shape index (κ2) is 7.48. The summed E-state index contributed by atoms with van der Waals surface area (Å²) in [6.07, 6.45) is 1.84. The predicted octanol–water partition coefficient (Wildman–Crippen LogP) is 3.63. The summed E-state index contributed by atoms with van der Waals surface area (Å²) in [6.45, 7) is 3.50.